The summed E-state index contributed by atoms with van der Waals surface area (Å²) in [6.07, 6.45) is 0.960. The van der Waals surface area contributed by atoms with Crippen molar-refractivity contribution in [3.8, 4) is 0 Å². The number of rotatable bonds is 1. The molecule has 0 saturated heterocycles. The Labute approximate surface area is 36.6 Å². The van der Waals surface area contributed by atoms with Crippen LogP contribution in [0.3, 0.4) is 0 Å². The van der Waals surface area contributed by atoms with Gasteiger partial charge in [0.25, 0.3) is 0 Å². The van der Waals surface area contributed by atoms with Crippen LogP contribution in [0.1, 0.15) is 1.37 Å². The summed E-state index contributed by atoms with van der Waals surface area (Å²) in [4.78, 5) is 9.60. The van der Waals surface area contributed by atoms with Crippen LogP contribution >= 0.6 is 11.6 Å². The van der Waals surface area contributed by atoms with E-state index in [-0.39, 0.29) is 0 Å². The molecule has 0 saturated carbocycles. The van der Waals surface area contributed by atoms with Crippen molar-refractivity contribution in [2.24, 2.45) is 0 Å². The third-order valence-corrected chi connectivity index (χ3v) is 0.257. The summed E-state index contributed by atoms with van der Waals surface area (Å²) in [5.74, 6) is 0. The Balaban J connectivity index is 3.30. The summed E-state index contributed by atoms with van der Waals surface area (Å²) < 4.78 is 6.25. The quantitative estimate of drug-likeness (QED) is 0.347. The second kappa shape index (κ2) is 1.97. The molecule has 0 unspecified atom stereocenters. The summed E-state index contributed by atoms with van der Waals surface area (Å²) in [6, 6.07) is 0. The van der Waals surface area contributed by atoms with Crippen molar-refractivity contribution in [1.29, 1.82) is 0 Å². The highest BCUT2D eigenvalue weighted by Gasteiger charge is 1.74. The van der Waals surface area contributed by atoms with Crippen LogP contribution in [-0.4, -0.2) is 5.24 Å². The van der Waals surface area contributed by atoms with Gasteiger partial charge in [0, 0.05) is 0 Å². The predicted octanol–water partition coefficient (Wildman–Crippen LogP) is 0.938. The van der Waals surface area contributed by atoms with E-state index in [1.165, 1.54) is 0 Å². The first-order chi connectivity index (χ1) is 2.77. The molecule has 0 fully saturated rings. The van der Waals surface area contributed by atoms with Gasteiger partial charge in [-0.3, -0.25) is 4.79 Å². The van der Waals surface area contributed by atoms with Crippen molar-refractivity contribution in [3.05, 3.63) is 12.6 Å². The van der Waals surface area contributed by atoms with E-state index in [1.807, 2.05) is 0 Å². The Kier molecular flexibility index (Phi) is 1.15. The molecule has 28 valence electrons. The van der Waals surface area contributed by atoms with Crippen molar-refractivity contribution in [2.75, 3.05) is 0 Å². The van der Waals surface area contributed by atoms with E-state index in [1.54, 1.807) is 0 Å². The van der Waals surface area contributed by atoms with Gasteiger partial charge in [0.1, 0.15) is 0 Å². The lowest BCUT2D eigenvalue weighted by Gasteiger charge is -1.59. The topological polar surface area (TPSA) is 17.1 Å². The first-order valence-corrected chi connectivity index (χ1v) is 1.39. The van der Waals surface area contributed by atoms with Gasteiger partial charge in [0.2, 0.25) is 5.24 Å². The van der Waals surface area contributed by atoms with Gasteiger partial charge < -0.3 is 0 Å². The molecule has 2 heteroatoms. The average molecular weight is 91.5 g/mol. The molecule has 0 aliphatic rings. The molecule has 0 spiro atoms. The van der Waals surface area contributed by atoms with Crippen molar-refractivity contribution in [1.82, 2.24) is 0 Å². The van der Waals surface area contributed by atoms with E-state index in [0.717, 1.165) is 12.6 Å². The zero-order valence-corrected chi connectivity index (χ0v) is 3.20. The first-order valence-electron chi connectivity index (χ1n) is 1.59. The number of carbonyl (C=O) groups is 1. The maximum absolute atomic E-state index is 9.60. The molecular formula is C3H3ClO. The lowest BCUT2D eigenvalue weighted by Crippen LogP contribution is -1.67. The number of hydrogen-bond acceptors (Lipinski definition) is 1. The van der Waals surface area contributed by atoms with Gasteiger partial charge in [0.15, 0.2) is 0 Å². The lowest BCUT2D eigenvalue weighted by molar-refractivity contribution is -0.107. The minimum Gasteiger partial charge on any atom is -0.276 e. The number of hydrogen-bond donors (Lipinski definition) is 0. The van der Waals surface area contributed by atoms with Gasteiger partial charge in [-0.1, -0.05) is 6.55 Å². The molecule has 0 atom stereocenters. The predicted molar refractivity (Wildman–Crippen MR) is 21.1 cm³/mol. The van der Waals surface area contributed by atoms with Gasteiger partial charge in [-0.2, -0.15) is 0 Å². The normalized spacial score (nSPS) is 11.8. The van der Waals surface area contributed by atoms with E-state index >= 15 is 0 Å². The standard InChI is InChI=1S/C3H3ClO/c1-2-3(4)5/h2H,1H2/i1D. The highest BCUT2D eigenvalue weighted by Crippen LogP contribution is 1.74. The molecule has 0 N–H and O–H groups in total. The number of halogens is 1. The molecule has 0 aliphatic carbocycles. The van der Waals surface area contributed by atoms with E-state index in [2.05, 4.69) is 0 Å². The van der Waals surface area contributed by atoms with Crippen LogP contribution in [0.2, 0.25) is 0 Å². The van der Waals surface area contributed by atoms with Crippen molar-refractivity contribution in [3.63, 3.8) is 0 Å². The van der Waals surface area contributed by atoms with Crippen LogP contribution < -0.4 is 0 Å². The number of allylic oxidation sites excluding steroid dienone is 1. The van der Waals surface area contributed by atoms with E-state index in [0.29, 0.717) is 0 Å². The highest BCUT2D eigenvalue weighted by atomic mass is 35.5. The SMILES string of the molecule is [2H]C=CC(=O)Cl. The molecule has 0 aliphatic heterocycles. The Morgan fingerprint density at radius 3 is 3.00 bits per heavy atom. The molecule has 0 heterocycles. The molecule has 0 aromatic rings. The monoisotopic (exact) mass is 91.0 g/mol. The van der Waals surface area contributed by atoms with E-state index in [9.17, 15) is 4.79 Å². The molecular weight excluding hydrogens is 87.5 g/mol. The Morgan fingerprint density at radius 2 is 3.00 bits per heavy atom. The van der Waals surface area contributed by atoms with Crippen LogP contribution in [0.25, 0.3) is 0 Å². The molecule has 0 amide bonds. The fourth-order valence-electron chi connectivity index (χ4n) is 0. The third kappa shape index (κ3) is 3.70. The minimum atomic E-state index is -0.606. The summed E-state index contributed by atoms with van der Waals surface area (Å²) in [5.41, 5.74) is 0. The fraction of sp³-hybridized carbons (Fsp3) is 0. The molecule has 5 heavy (non-hydrogen) atoms. The van der Waals surface area contributed by atoms with Gasteiger partial charge in [-0.15, -0.1) is 0 Å². The zero-order chi connectivity index (χ0) is 4.99. The van der Waals surface area contributed by atoms with Crippen molar-refractivity contribution >= 4 is 16.8 Å². The van der Waals surface area contributed by atoms with Crippen LogP contribution in [0.4, 0.5) is 0 Å². The second-order valence-corrected chi connectivity index (χ2v) is 0.843. The maximum atomic E-state index is 9.60. The summed E-state index contributed by atoms with van der Waals surface area (Å²) in [7, 11) is 0. The summed E-state index contributed by atoms with van der Waals surface area (Å²) in [6.45, 7) is 0.843. The average Bonchev–Trinajstić information content (AvgIpc) is 1.35. The van der Waals surface area contributed by atoms with Crippen LogP contribution in [0, 0.1) is 0 Å². The molecule has 0 bridgehead atoms. The number of carbonyl (C=O) groups excluding carboxylic acids is 1. The summed E-state index contributed by atoms with van der Waals surface area (Å²) >= 11 is 4.73. The third-order valence-electron chi connectivity index (χ3n) is 0.131. The van der Waals surface area contributed by atoms with Crippen LogP contribution in [-0.2, 0) is 4.79 Å². The van der Waals surface area contributed by atoms with Crippen molar-refractivity contribution < 1.29 is 6.17 Å². The minimum absolute atomic E-state index is 0.606. The molecule has 1 nitrogen and oxygen atoms in total. The highest BCUT2D eigenvalue weighted by molar-refractivity contribution is 6.66. The van der Waals surface area contributed by atoms with Gasteiger partial charge in [-0.25, -0.2) is 0 Å². The first kappa shape index (κ1) is 2.91. The van der Waals surface area contributed by atoms with E-state index in [4.69, 9.17) is 13.0 Å². The lowest BCUT2D eigenvalue weighted by atomic mass is 10.7. The van der Waals surface area contributed by atoms with Crippen molar-refractivity contribution in [2.45, 2.75) is 0 Å². The molecule has 0 rings (SSSR count). The molecule has 0 aromatic heterocycles. The van der Waals surface area contributed by atoms with E-state index < -0.39 is 5.24 Å². The van der Waals surface area contributed by atoms with Gasteiger partial charge >= 0.3 is 0 Å². The second-order valence-electron chi connectivity index (χ2n) is 0.471. The molecule has 0 radical (unpaired) electrons. The molecule has 0 aromatic carbocycles. The maximum Gasteiger partial charge on any atom is 0.244 e. The largest absolute Gasteiger partial charge is 0.276 e. The van der Waals surface area contributed by atoms with Crippen LogP contribution in [0.5, 0.6) is 0 Å². The Hall–Kier alpha value is -0.300. The smallest absolute Gasteiger partial charge is 0.244 e. The Bertz CT molecular complexity index is 78.9. The van der Waals surface area contributed by atoms with Crippen LogP contribution in [0.15, 0.2) is 12.6 Å². The van der Waals surface area contributed by atoms with Gasteiger partial charge in [-0.05, 0) is 17.7 Å². The Morgan fingerprint density at radius 1 is 2.40 bits per heavy atom. The zero-order valence-electron chi connectivity index (χ0n) is 3.44. The summed E-state index contributed by atoms with van der Waals surface area (Å²) in [5, 5.41) is -0.606. The fourth-order valence-corrected chi connectivity index (χ4v) is 0. The van der Waals surface area contributed by atoms with Gasteiger partial charge in [0.05, 0.1) is 1.37 Å².